The zero-order valence-electron chi connectivity index (χ0n) is 16.1. The number of carbonyl (C=O) groups excluding carboxylic acids is 1. The van der Waals surface area contributed by atoms with Crippen molar-refractivity contribution in [3.8, 4) is 5.69 Å². The summed E-state index contributed by atoms with van der Waals surface area (Å²) < 4.78 is 39.2. The number of halogens is 5. The molecule has 2 aromatic carbocycles. The molecule has 0 atom stereocenters. The zero-order chi connectivity index (χ0) is 22.9. The number of aromatic amines is 1. The van der Waals surface area contributed by atoms with Crippen LogP contribution in [0.3, 0.4) is 0 Å². The molecule has 0 aliphatic carbocycles. The van der Waals surface area contributed by atoms with E-state index in [0.29, 0.717) is 16.4 Å². The second kappa shape index (κ2) is 8.60. The number of rotatable bonds is 4. The molecule has 3 aromatic rings. The lowest BCUT2D eigenvalue weighted by molar-refractivity contribution is -0.137. The van der Waals surface area contributed by atoms with Gasteiger partial charge in [-0.3, -0.25) is 14.7 Å². The first-order valence-corrected chi connectivity index (χ1v) is 9.54. The van der Waals surface area contributed by atoms with E-state index in [9.17, 15) is 22.8 Å². The van der Waals surface area contributed by atoms with Gasteiger partial charge >= 0.3 is 6.18 Å². The van der Waals surface area contributed by atoms with E-state index < -0.39 is 23.2 Å². The maximum Gasteiger partial charge on any atom is 0.416 e. The van der Waals surface area contributed by atoms with Crippen molar-refractivity contribution in [1.29, 1.82) is 0 Å². The van der Waals surface area contributed by atoms with E-state index in [2.05, 4.69) is 15.6 Å². The van der Waals surface area contributed by atoms with Gasteiger partial charge < -0.3 is 0 Å². The smallest absolute Gasteiger partial charge is 0.295 e. The van der Waals surface area contributed by atoms with E-state index in [1.165, 1.54) is 17.7 Å². The van der Waals surface area contributed by atoms with Gasteiger partial charge in [0.05, 0.1) is 32.6 Å². The third kappa shape index (κ3) is 4.83. The minimum absolute atomic E-state index is 0.0106. The number of aryl methyl sites for hydroxylation is 1. The number of hydrogen-bond donors (Lipinski definition) is 2. The molecule has 1 amide bonds. The molecule has 0 bridgehead atoms. The summed E-state index contributed by atoms with van der Waals surface area (Å²) in [5.41, 5.74) is 2.30. The van der Waals surface area contributed by atoms with Crippen molar-refractivity contribution in [3.63, 3.8) is 0 Å². The molecule has 0 aliphatic rings. The minimum Gasteiger partial charge on any atom is -0.295 e. The molecule has 1 heterocycles. The molecule has 3 rings (SSSR count). The van der Waals surface area contributed by atoms with Gasteiger partial charge in [-0.05, 0) is 56.3 Å². The van der Waals surface area contributed by atoms with Crippen molar-refractivity contribution in [1.82, 2.24) is 15.2 Å². The van der Waals surface area contributed by atoms with E-state index in [4.69, 9.17) is 23.2 Å². The van der Waals surface area contributed by atoms with Crippen LogP contribution in [0.2, 0.25) is 10.0 Å². The fourth-order valence-corrected chi connectivity index (χ4v) is 3.14. The average Bonchev–Trinajstić information content (AvgIpc) is 3.01. The van der Waals surface area contributed by atoms with Gasteiger partial charge in [-0.15, -0.1) is 0 Å². The van der Waals surface area contributed by atoms with Gasteiger partial charge in [-0.25, -0.2) is 10.1 Å². The first-order chi connectivity index (χ1) is 14.5. The van der Waals surface area contributed by atoms with Gasteiger partial charge in [0.15, 0.2) is 0 Å². The fraction of sp³-hybridized carbons (Fsp3) is 0.150. The van der Waals surface area contributed by atoms with E-state index >= 15 is 0 Å². The Labute approximate surface area is 184 Å². The van der Waals surface area contributed by atoms with Gasteiger partial charge in [0.1, 0.15) is 0 Å². The van der Waals surface area contributed by atoms with Crippen LogP contribution in [0.15, 0.2) is 52.4 Å². The highest BCUT2D eigenvalue weighted by Gasteiger charge is 2.30. The van der Waals surface area contributed by atoms with E-state index in [1.807, 2.05) is 0 Å². The molecule has 0 saturated heterocycles. The van der Waals surface area contributed by atoms with Gasteiger partial charge in [0.2, 0.25) is 0 Å². The predicted molar refractivity (Wildman–Crippen MR) is 112 cm³/mol. The van der Waals surface area contributed by atoms with Crippen LogP contribution in [0.4, 0.5) is 13.2 Å². The summed E-state index contributed by atoms with van der Waals surface area (Å²) >= 11 is 11.9. The number of hydrazone groups is 1. The third-order valence-electron chi connectivity index (χ3n) is 4.39. The van der Waals surface area contributed by atoms with E-state index in [0.717, 1.165) is 24.3 Å². The van der Waals surface area contributed by atoms with Crippen LogP contribution in [0.5, 0.6) is 0 Å². The molecule has 0 aliphatic heterocycles. The highest BCUT2D eigenvalue weighted by atomic mass is 35.5. The van der Waals surface area contributed by atoms with Crippen LogP contribution in [0, 0.1) is 6.92 Å². The Kier molecular flexibility index (Phi) is 6.28. The summed E-state index contributed by atoms with van der Waals surface area (Å²) in [6.45, 7) is 3.17. The number of aromatic nitrogens is 2. The van der Waals surface area contributed by atoms with Crippen molar-refractivity contribution in [3.05, 3.63) is 85.2 Å². The maximum absolute atomic E-state index is 12.8. The second-order valence-electron chi connectivity index (χ2n) is 6.56. The number of nitrogens with zero attached hydrogens (tertiary/aromatic N) is 2. The van der Waals surface area contributed by atoms with E-state index in [-0.39, 0.29) is 21.9 Å². The molecular formula is C20H15Cl2F3N4O2. The van der Waals surface area contributed by atoms with Crippen LogP contribution < -0.4 is 11.0 Å². The Balaban J connectivity index is 1.83. The van der Waals surface area contributed by atoms with Crippen molar-refractivity contribution in [2.24, 2.45) is 5.10 Å². The summed E-state index contributed by atoms with van der Waals surface area (Å²) in [4.78, 5) is 25.0. The predicted octanol–water partition coefficient (Wildman–Crippen LogP) is 4.95. The summed E-state index contributed by atoms with van der Waals surface area (Å²) in [6.07, 6.45) is -4.50. The monoisotopic (exact) mass is 470 g/mol. The summed E-state index contributed by atoms with van der Waals surface area (Å²) in [6, 6.07) is 8.36. The molecule has 0 saturated carbocycles. The molecule has 31 heavy (non-hydrogen) atoms. The lowest BCUT2D eigenvalue weighted by Crippen LogP contribution is -2.23. The molecule has 0 spiro atoms. The SMILES string of the molecule is CC(=NNC(=O)c1ccc(C(F)(F)F)cc1)c1c(C)[nH]n(-c2ccc(Cl)c(Cl)c2)c1=O. The summed E-state index contributed by atoms with van der Waals surface area (Å²) in [5, 5.41) is 7.43. The Hall–Kier alpha value is -3.04. The molecule has 162 valence electrons. The van der Waals surface area contributed by atoms with Crippen molar-refractivity contribution < 1.29 is 18.0 Å². The first-order valence-electron chi connectivity index (χ1n) is 8.78. The Bertz CT molecular complexity index is 1230. The van der Waals surface area contributed by atoms with Crippen molar-refractivity contribution in [2.75, 3.05) is 0 Å². The molecule has 0 unspecified atom stereocenters. The Morgan fingerprint density at radius 2 is 1.74 bits per heavy atom. The lowest BCUT2D eigenvalue weighted by Gasteiger charge is -2.07. The molecule has 0 radical (unpaired) electrons. The maximum atomic E-state index is 12.8. The molecule has 2 N–H and O–H groups in total. The molecule has 0 fully saturated rings. The Morgan fingerprint density at radius 1 is 1.10 bits per heavy atom. The zero-order valence-corrected chi connectivity index (χ0v) is 17.7. The van der Waals surface area contributed by atoms with E-state index in [1.54, 1.807) is 19.1 Å². The number of nitrogens with one attached hydrogen (secondary N) is 2. The number of carbonyl (C=O) groups is 1. The number of alkyl halides is 3. The van der Waals surface area contributed by atoms with Gasteiger partial charge in [-0.1, -0.05) is 23.2 Å². The topological polar surface area (TPSA) is 79.2 Å². The molecule has 11 heteroatoms. The van der Waals surface area contributed by atoms with Crippen molar-refractivity contribution in [2.45, 2.75) is 20.0 Å². The molecule has 6 nitrogen and oxygen atoms in total. The number of hydrogen-bond acceptors (Lipinski definition) is 3. The number of benzene rings is 2. The van der Waals surface area contributed by atoms with Crippen LogP contribution >= 0.6 is 23.2 Å². The van der Waals surface area contributed by atoms with Crippen LogP contribution in [-0.4, -0.2) is 21.4 Å². The average molecular weight is 471 g/mol. The largest absolute Gasteiger partial charge is 0.416 e. The summed E-state index contributed by atoms with van der Waals surface area (Å²) in [7, 11) is 0. The molecule has 1 aromatic heterocycles. The number of amides is 1. The Morgan fingerprint density at radius 3 is 2.32 bits per heavy atom. The van der Waals surface area contributed by atoms with Crippen LogP contribution in [-0.2, 0) is 6.18 Å². The quantitative estimate of drug-likeness (QED) is 0.417. The molecular weight excluding hydrogens is 456 g/mol. The van der Waals surface area contributed by atoms with Gasteiger partial charge in [-0.2, -0.15) is 18.3 Å². The van der Waals surface area contributed by atoms with Gasteiger partial charge in [0, 0.05) is 11.3 Å². The van der Waals surface area contributed by atoms with Crippen LogP contribution in [0.1, 0.15) is 34.1 Å². The fourth-order valence-electron chi connectivity index (χ4n) is 2.84. The standard InChI is InChI=1S/C20H15Cl2F3N4O2/c1-10(26-27-18(30)12-3-5-13(6-4-12)20(23,24)25)17-11(2)28-29(19(17)31)14-7-8-15(21)16(22)9-14/h3-9,28H,1-2H3,(H,27,30). The highest BCUT2D eigenvalue weighted by Crippen LogP contribution is 2.29. The van der Waals surface area contributed by atoms with Crippen molar-refractivity contribution >= 4 is 34.8 Å². The van der Waals surface area contributed by atoms with Crippen LogP contribution in [0.25, 0.3) is 5.69 Å². The highest BCUT2D eigenvalue weighted by molar-refractivity contribution is 6.42. The normalized spacial score (nSPS) is 12.2. The first kappa shape index (κ1) is 22.6. The number of H-pyrrole nitrogens is 1. The summed E-state index contributed by atoms with van der Waals surface area (Å²) in [5.74, 6) is -0.717. The third-order valence-corrected chi connectivity index (χ3v) is 5.13. The van der Waals surface area contributed by atoms with Gasteiger partial charge in [0.25, 0.3) is 11.5 Å². The lowest BCUT2D eigenvalue weighted by atomic mass is 10.1. The second-order valence-corrected chi connectivity index (χ2v) is 7.38. The minimum atomic E-state index is -4.50.